The number of aromatic nitrogens is 2. The molecule has 1 aromatic heterocycles. The molecule has 0 unspecified atom stereocenters. The summed E-state index contributed by atoms with van der Waals surface area (Å²) in [5.41, 5.74) is 0.563. The molecule has 2 aromatic rings. The van der Waals surface area contributed by atoms with Crippen molar-refractivity contribution in [2.24, 2.45) is 0 Å². The van der Waals surface area contributed by atoms with Crippen molar-refractivity contribution in [2.75, 3.05) is 6.54 Å². The number of non-ortho nitro benzene ring substituents is 1. The van der Waals surface area contributed by atoms with E-state index in [0.717, 1.165) is 17.8 Å². The molecule has 0 spiro atoms. The average molecular weight is 359 g/mol. The minimum absolute atomic E-state index is 0.0129. The Morgan fingerprint density at radius 1 is 1.35 bits per heavy atom. The Hall–Kier alpha value is -1.97. The highest BCUT2D eigenvalue weighted by Gasteiger charge is 2.15. The van der Waals surface area contributed by atoms with Crippen LogP contribution in [0.3, 0.4) is 0 Å². The first kappa shape index (κ1) is 17.4. The molecular weight excluding hydrogens is 344 g/mol. The second kappa shape index (κ2) is 7.07. The highest BCUT2D eigenvalue weighted by atomic mass is 35.5. The number of aryl methyl sites for hydroxylation is 2. The Balaban J connectivity index is 1.89. The molecule has 0 aliphatic carbocycles. The van der Waals surface area contributed by atoms with Gasteiger partial charge >= 0.3 is 0 Å². The van der Waals surface area contributed by atoms with E-state index >= 15 is 0 Å². The fraction of sp³-hybridized carbons (Fsp3) is 0.308. The van der Waals surface area contributed by atoms with Gasteiger partial charge in [0.15, 0.2) is 0 Å². The summed E-state index contributed by atoms with van der Waals surface area (Å²) in [6, 6.07) is 4.72. The first-order chi connectivity index (χ1) is 10.8. The molecule has 0 saturated heterocycles. The normalized spacial score (nSPS) is 11.6. The summed E-state index contributed by atoms with van der Waals surface area (Å²) in [6.07, 6.45) is 2.21. The van der Waals surface area contributed by atoms with Gasteiger partial charge < -0.3 is 0 Å². The van der Waals surface area contributed by atoms with Gasteiger partial charge in [0.25, 0.3) is 5.69 Å². The zero-order chi connectivity index (χ0) is 17.0. The SMILES string of the molecule is Cc1nn(CCCNS(=O)(=O)c2ccc([N+](=O)[O-])cc2)cc1Cl. The summed E-state index contributed by atoms with van der Waals surface area (Å²) in [5, 5.41) is 15.3. The lowest BCUT2D eigenvalue weighted by Crippen LogP contribution is -2.25. The van der Waals surface area contributed by atoms with E-state index in [1.807, 2.05) is 0 Å². The van der Waals surface area contributed by atoms with Crippen LogP contribution in [0.4, 0.5) is 5.69 Å². The number of benzene rings is 1. The lowest BCUT2D eigenvalue weighted by atomic mass is 10.3. The molecule has 23 heavy (non-hydrogen) atoms. The Kier molecular flexibility index (Phi) is 5.34. The third-order valence-corrected chi connectivity index (χ3v) is 4.95. The van der Waals surface area contributed by atoms with Gasteiger partial charge in [0.1, 0.15) is 0 Å². The van der Waals surface area contributed by atoms with Gasteiger partial charge in [-0.2, -0.15) is 5.10 Å². The first-order valence-corrected chi connectivity index (χ1v) is 8.59. The second-order valence-electron chi connectivity index (χ2n) is 4.83. The van der Waals surface area contributed by atoms with Crippen LogP contribution in [0, 0.1) is 17.0 Å². The van der Waals surface area contributed by atoms with E-state index in [2.05, 4.69) is 9.82 Å². The lowest BCUT2D eigenvalue weighted by molar-refractivity contribution is -0.384. The average Bonchev–Trinajstić information content (AvgIpc) is 2.82. The lowest BCUT2D eigenvalue weighted by Gasteiger charge is -2.06. The summed E-state index contributed by atoms with van der Waals surface area (Å²) in [7, 11) is -3.69. The first-order valence-electron chi connectivity index (χ1n) is 6.73. The number of sulfonamides is 1. The molecule has 0 fully saturated rings. The van der Waals surface area contributed by atoms with Gasteiger partial charge in [-0.05, 0) is 25.5 Å². The van der Waals surface area contributed by atoms with Gasteiger partial charge in [0.2, 0.25) is 10.0 Å². The molecule has 0 aliphatic heterocycles. The number of halogens is 1. The van der Waals surface area contributed by atoms with Crippen LogP contribution in [0.15, 0.2) is 35.4 Å². The molecule has 0 aliphatic rings. The van der Waals surface area contributed by atoms with Crippen molar-refractivity contribution in [2.45, 2.75) is 24.8 Å². The number of hydrogen-bond acceptors (Lipinski definition) is 5. The number of hydrogen-bond donors (Lipinski definition) is 1. The van der Waals surface area contributed by atoms with Gasteiger partial charge in [-0.3, -0.25) is 14.8 Å². The predicted octanol–water partition coefficient (Wildman–Crippen LogP) is 2.12. The molecule has 0 amide bonds. The van der Waals surface area contributed by atoms with Crippen molar-refractivity contribution in [3.63, 3.8) is 0 Å². The Morgan fingerprint density at radius 3 is 2.52 bits per heavy atom. The monoisotopic (exact) mass is 358 g/mol. The van der Waals surface area contributed by atoms with E-state index in [4.69, 9.17) is 11.6 Å². The van der Waals surface area contributed by atoms with Crippen LogP contribution in [-0.4, -0.2) is 29.7 Å². The van der Waals surface area contributed by atoms with Gasteiger partial charge in [-0.15, -0.1) is 0 Å². The van der Waals surface area contributed by atoms with E-state index in [9.17, 15) is 18.5 Å². The summed E-state index contributed by atoms with van der Waals surface area (Å²) < 4.78 is 28.2. The number of nitrogens with one attached hydrogen (secondary N) is 1. The molecule has 0 radical (unpaired) electrons. The summed E-state index contributed by atoms with van der Waals surface area (Å²) >= 11 is 5.89. The molecule has 0 saturated carbocycles. The van der Waals surface area contributed by atoms with Crippen molar-refractivity contribution >= 4 is 27.3 Å². The standard InChI is InChI=1S/C13H15ClN4O4S/c1-10-13(14)9-17(16-10)8-2-7-15-23(21,22)12-5-3-11(4-6-12)18(19)20/h3-6,9,15H,2,7-8H2,1H3. The van der Waals surface area contributed by atoms with E-state index in [1.54, 1.807) is 17.8 Å². The molecule has 1 heterocycles. The Morgan fingerprint density at radius 2 is 2.00 bits per heavy atom. The van der Waals surface area contributed by atoms with Crippen molar-refractivity contribution in [1.82, 2.24) is 14.5 Å². The van der Waals surface area contributed by atoms with Crippen LogP contribution >= 0.6 is 11.6 Å². The molecule has 2 rings (SSSR count). The second-order valence-corrected chi connectivity index (χ2v) is 7.00. The van der Waals surface area contributed by atoms with Gasteiger partial charge in [0.05, 0.1) is 20.5 Å². The minimum Gasteiger partial charge on any atom is -0.271 e. The number of rotatable bonds is 7. The summed E-state index contributed by atoms with van der Waals surface area (Å²) in [5.74, 6) is 0. The largest absolute Gasteiger partial charge is 0.271 e. The number of nitro groups is 1. The summed E-state index contributed by atoms with van der Waals surface area (Å²) in [4.78, 5) is 9.96. The van der Waals surface area contributed by atoms with Crippen LogP contribution in [-0.2, 0) is 16.6 Å². The third-order valence-electron chi connectivity index (χ3n) is 3.10. The fourth-order valence-corrected chi connectivity index (χ4v) is 3.11. The van der Waals surface area contributed by atoms with Crippen LogP contribution in [0.25, 0.3) is 0 Å². The van der Waals surface area contributed by atoms with Gasteiger partial charge in [-0.1, -0.05) is 11.6 Å². The van der Waals surface area contributed by atoms with Crippen LogP contribution in [0.5, 0.6) is 0 Å². The van der Waals surface area contributed by atoms with E-state index in [-0.39, 0.29) is 17.1 Å². The number of nitrogens with zero attached hydrogens (tertiary/aromatic N) is 3. The molecule has 0 atom stereocenters. The molecule has 8 nitrogen and oxygen atoms in total. The van der Waals surface area contributed by atoms with Crippen molar-refractivity contribution in [3.8, 4) is 0 Å². The maximum absolute atomic E-state index is 12.1. The Bertz CT molecular complexity index is 782. The zero-order valence-electron chi connectivity index (χ0n) is 12.3. The highest BCUT2D eigenvalue weighted by Crippen LogP contribution is 2.15. The quantitative estimate of drug-likeness (QED) is 0.463. The van der Waals surface area contributed by atoms with Crippen LogP contribution in [0.1, 0.15) is 12.1 Å². The van der Waals surface area contributed by atoms with Crippen LogP contribution < -0.4 is 4.72 Å². The van der Waals surface area contributed by atoms with E-state index in [1.165, 1.54) is 12.1 Å². The number of nitro benzene ring substituents is 1. The van der Waals surface area contributed by atoms with Crippen molar-refractivity contribution in [3.05, 3.63) is 51.3 Å². The van der Waals surface area contributed by atoms with Crippen molar-refractivity contribution in [1.29, 1.82) is 0 Å². The predicted molar refractivity (Wildman–Crippen MR) is 84.9 cm³/mol. The fourth-order valence-electron chi connectivity index (χ4n) is 1.89. The van der Waals surface area contributed by atoms with Crippen LogP contribution in [0.2, 0.25) is 5.02 Å². The topological polar surface area (TPSA) is 107 Å². The van der Waals surface area contributed by atoms with E-state index in [0.29, 0.717) is 18.0 Å². The zero-order valence-corrected chi connectivity index (χ0v) is 13.8. The van der Waals surface area contributed by atoms with Gasteiger partial charge in [-0.25, -0.2) is 13.1 Å². The smallest absolute Gasteiger partial charge is 0.269 e. The van der Waals surface area contributed by atoms with Crippen molar-refractivity contribution < 1.29 is 13.3 Å². The van der Waals surface area contributed by atoms with E-state index < -0.39 is 14.9 Å². The molecule has 1 N–H and O–H groups in total. The maximum Gasteiger partial charge on any atom is 0.269 e. The van der Waals surface area contributed by atoms with Gasteiger partial charge in [0, 0.05) is 31.4 Å². The molecule has 10 heteroatoms. The maximum atomic E-state index is 12.1. The Labute approximate surface area is 138 Å². The highest BCUT2D eigenvalue weighted by molar-refractivity contribution is 7.89. The minimum atomic E-state index is -3.69. The molecule has 1 aromatic carbocycles. The molecule has 124 valence electrons. The summed E-state index contributed by atoms with van der Waals surface area (Å²) in [6.45, 7) is 2.53. The molecule has 0 bridgehead atoms. The molecular formula is C13H15ClN4O4S. The third kappa shape index (κ3) is 4.50.